The minimum Gasteiger partial charge on any atom is -0.309 e. The van der Waals surface area contributed by atoms with Crippen LogP contribution >= 0.6 is 0 Å². The van der Waals surface area contributed by atoms with E-state index in [2.05, 4.69) is 4.98 Å². The SMILES string of the molecule is CCN(C(=O)c1ccc(F)cc1)c1ccncc1. The summed E-state index contributed by atoms with van der Waals surface area (Å²) >= 11 is 0. The highest BCUT2D eigenvalue weighted by Gasteiger charge is 2.15. The molecule has 4 heteroatoms. The van der Waals surface area contributed by atoms with Crippen LogP contribution in [0.3, 0.4) is 0 Å². The molecule has 1 aromatic carbocycles. The first-order valence-electron chi connectivity index (χ1n) is 5.70. The molecule has 0 spiro atoms. The summed E-state index contributed by atoms with van der Waals surface area (Å²) in [4.78, 5) is 17.8. The van der Waals surface area contributed by atoms with Gasteiger partial charge >= 0.3 is 0 Å². The first-order valence-corrected chi connectivity index (χ1v) is 5.70. The number of aromatic nitrogens is 1. The molecule has 0 radical (unpaired) electrons. The highest BCUT2D eigenvalue weighted by atomic mass is 19.1. The zero-order valence-corrected chi connectivity index (χ0v) is 10.0. The van der Waals surface area contributed by atoms with E-state index >= 15 is 0 Å². The van der Waals surface area contributed by atoms with E-state index in [1.807, 2.05) is 6.92 Å². The average Bonchev–Trinajstić information content (AvgIpc) is 2.41. The van der Waals surface area contributed by atoms with E-state index in [-0.39, 0.29) is 11.7 Å². The predicted octanol–water partition coefficient (Wildman–Crippen LogP) is 2.89. The first-order chi connectivity index (χ1) is 8.72. The number of hydrogen-bond donors (Lipinski definition) is 0. The molecule has 0 aliphatic carbocycles. The van der Waals surface area contributed by atoms with Crippen molar-refractivity contribution in [1.82, 2.24) is 4.98 Å². The maximum Gasteiger partial charge on any atom is 0.258 e. The molecule has 0 aliphatic rings. The zero-order chi connectivity index (χ0) is 13.0. The van der Waals surface area contributed by atoms with Gasteiger partial charge in [0.1, 0.15) is 5.82 Å². The summed E-state index contributed by atoms with van der Waals surface area (Å²) in [6, 6.07) is 9.08. The summed E-state index contributed by atoms with van der Waals surface area (Å²) < 4.78 is 12.8. The van der Waals surface area contributed by atoms with Crippen LogP contribution in [0.4, 0.5) is 10.1 Å². The number of hydrogen-bond acceptors (Lipinski definition) is 2. The second-order valence-electron chi connectivity index (χ2n) is 3.76. The zero-order valence-electron chi connectivity index (χ0n) is 10.0. The lowest BCUT2D eigenvalue weighted by Crippen LogP contribution is -2.30. The van der Waals surface area contributed by atoms with E-state index < -0.39 is 0 Å². The molecule has 2 rings (SSSR count). The van der Waals surface area contributed by atoms with Crippen LogP contribution in [0.2, 0.25) is 0 Å². The Balaban J connectivity index is 2.28. The monoisotopic (exact) mass is 244 g/mol. The molecule has 1 amide bonds. The van der Waals surface area contributed by atoms with E-state index in [9.17, 15) is 9.18 Å². The number of rotatable bonds is 3. The van der Waals surface area contributed by atoms with Crippen LogP contribution in [0, 0.1) is 5.82 Å². The smallest absolute Gasteiger partial charge is 0.258 e. The van der Waals surface area contributed by atoms with Crippen molar-refractivity contribution >= 4 is 11.6 Å². The summed E-state index contributed by atoms with van der Waals surface area (Å²) in [7, 11) is 0. The second kappa shape index (κ2) is 5.40. The fourth-order valence-corrected chi connectivity index (χ4v) is 1.72. The standard InChI is InChI=1S/C14H13FN2O/c1-2-17(13-7-9-16-10-8-13)14(18)11-3-5-12(15)6-4-11/h3-10H,2H2,1H3. The Kier molecular flexibility index (Phi) is 3.67. The molecule has 1 aromatic heterocycles. The number of amides is 1. The predicted molar refractivity (Wildman–Crippen MR) is 68.0 cm³/mol. The van der Waals surface area contributed by atoms with Crippen LogP contribution in [0.15, 0.2) is 48.8 Å². The number of pyridine rings is 1. The van der Waals surface area contributed by atoms with Gasteiger partial charge in [0.05, 0.1) is 0 Å². The number of carbonyl (C=O) groups excluding carboxylic acids is 1. The molecule has 92 valence electrons. The molecule has 0 saturated carbocycles. The number of nitrogens with zero attached hydrogens (tertiary/aromatic N) is 2. The highest BCUT2D eigenvalue weighted by molar-refractivity contribution is 6.05. The van der Waals surface area contributed by atoms with Crippen LogP contribution in [0.5, 0.6) is 0 Å². The molecular weight excluding hydrogens is 231 g/mol. The van der Waals surface area contributed by atoms with E-state index in [0.29, 0.717) is 12.1 Å². The van der Waals surface area contributed by atoms with Crippen LogP contribution in [-0.4, -0.2) is 17.4 Å². The van der Waals surface area contributed by atoms with Gasteiger partial charge in [-0.2, -0.15) is 0 Å². The van der Waals surface area contributed by atoms with Crippen molar-refractivity contribution in [1.29, 1.82) is 0 Å². The molecule has 0 bridgehead atoms. The maximum atomic E-state index is 12.8. The molecule has 18 heavy (non-hydrogen) atoms. The van der Waals surface area contributed by atoms with Crippen molar-refractivity contribution < 1.29 is 9.18 Å². The van der Waals surface area contributed by atoms with Crippen LogP contribution < -0.4 is 4.90 Å². The molecule has 0 aliphatic heterocycles. The molecule has 0 saturated heterocycles. The van der Waals surface area contributed by atoms with Crippen molar-refractivity contribution in [3.63, 3.8) is 0 Å². The van der Waals surface area contributed by atoms with Gasteiger partial charge in [-0.25, -0.2) is 4.39 Å². The van der Waals surface area contributed by atoms with Gasteiger partial charge in [0, 0.05) is 30.2 Å². The van der Waals surface area contributed by atoms with Crippen molar-refractivity contribution in [2.45, 2.75) is 6.92 Å². The molecule has 2 aromatic rings. The molecule has 3 nitrogen and oxygen atoms in total. The lowest BCUT2D eigenvalue weighted by atomic mass is 10.2. The van der Waals surface area contributed by atoms with Crippen LogP contribution in [0.1, 0.15) is 17.3 Å². The molecule has 0 N–H and O–H groups in total. The largest absolute Gasteiger partial charge is 0.309 e. The van der Waals surface area contributed by atoms with Gasteiger partial charge < -0.3 is 4.90 Å². The van der Waals surface area contributed by atoms with Crippen molar-refractivity contribution in [2.75, 3.05) is 11.4 Å². The fraction of sp³-hybridized carbons (Fsp3) is 0.143. The van der Waals surface area contributed by atoms with E-state index in [0.717, 1.165) is 5.69 Å². The molecule has 0 atom stereocenters. The van der Waals surface area contributed by atoms with Crippen molar-refractivity contribution in [3.05, 3.63) is 60.2 Å². The van der Waals surface area contributed by atoms with Crippen LogP contribution in [0.25, 0.3) is 0 Å². The molecule has 0 unspecified atom stereocenters. The van der Waals surface area contributed by atoms with Gasteiger partial charge in [0.15, 0.2) is 0 Å². The lowest BCUT2D eigenvalue weighted by Gasteiger charge is -2.20. The Hall–Kier alpha value is -2.23. The molecular formula is C14H13FN2O. The number of halogens is 1. The third-order valence-electron chi connectivity index (χ3n) is 2.63. The summed E-state index contributed by atoms with van der Waals surface area (Å²) in [5.41, 5.74) is 1.25. The van der Waals surface area contributed by atoms with E-state index in [4.69, 9.17) is 0 Å². The highest BCUT2D eigenvalue weighted by Crippen LogP contribution is 2.16. The topological polar surface area (TPSA) is 33.2 Å². The van der Waals surface area contributed by atoms with Gasteiger partial charge in [0.25, 0.3) is 5.91 Å². The summed E-state index contributed by atoms with van der Waals surface area (Å²) in [6.45, 7) is 2.43. The fourth-order valence-electron chi connectivity index (χ4n) is 1.72. The Bertz CT molecular complexity index is 525. The summed E-state index contributed by atoms with van der Waals surface area (Å²) in [6.07, 6.45) is 3.27. The minimum atomic E-state index is -0.349. The van der Waals surface area contributed by atoms with E-state index in [1.165, 1.54) is 24.3 Å². The second-order valence-corrected chi connectivity index (χ2v) is 3.76. The number of anilines is 1. The van der Waals surface area contributed by atoms with Gasteiger partial charge in [-0.3, -0.25) is 9.78 Å². The molecule has 0 fully saturated rings. The molecule has 1 heterocycles. The van der Waals surface area contributed by atoms with Crippen molar-refractivity contribution in [2.24, 2.45) is 0 Å². The third kappa shape index (κ3) is 2.53. The Morgan fingerprint density at radius 1 is 1.17 bits per heavy atom. The van der Waals surface area contributed by atoms with Gasteiger partial charge in [-0.05, 0) is 43.3 Å². The lowest BCUT2D eigenvalue weighted by molar-refractivity contribution is 0.0988. The van der Waals surface area contributed by atoms with E-state index in [1.54, 1.807) is 29.4 Å². The summed E-state index contributed by atoms with van der Waals surface area (Å²) in [5.74, 6) is -0.498. The maximum absolute atomic E-state index is 12.8. The number of carbonyl (C=O) groups is 1. The van der Waals surface area contributed by atoms with Gasteiger partial charge in [0.2, 0.25) is 0 Å². The van der Waals surface area contributed by atoms with Crippen LogP contribution in [-0.2, 0) is 0 Å². The summed E-state index contributed by atoms with van der Waals surface area (Å²) in [5, 5.41) is 0. The Morgan fingerprint density at radius 2 is 1.78 bits per heavy atom. The van der Waals surface area contributed by atoms with Crippen molar-refractivity contribution in [3.8, 4) is 0 Å². The Morgan fingerprint density at radius 3 is 2.33 bits per heavy atom. The Labute approximate surface area is 105 Å². The number of benzene rings is 1. The third-order valence-corrected chi connectivity index (χ3v) is 2.63. The first kappa shape index (κ1) is 12.2. The normalized spacial score (nSPS) is 10.1. The minimum absolute atomic E-state index is 0.149. The quantitative estimate of drug-likeness (QED) is 0.831. The van der Waals surface area contributed by atoms with Gasteiger partial charge in [-0.1, -0.05) is 0 Å². The van der Waals surface area contributed by atoms with Gasteiger partial charge in [-0.15, -0.1) is 0 Å². The average molecular weight is 244 g/mol.